The van der Waals surface area contributed by atoms with E-state index in [0.717, 1.165) is 16.5 Å². The number of nitrogens with zero attached hydrogens (tertiary/aromatic N) is 1. The molecular formula is C34H40F2N2O5. The predicted molar refractivity (Wildman–Crippen MR) is 165 cm³/mol. The fraction of sp³-hybridized carbons (Fsp3) is 0.324. The summed E-state index contributed by atoms with van der Waals surface area (Å²) in [7, 11) is 1.61. The highest BCUT2D eigenvalue weighted by Crippen LogP contribution is 2.30. The lowest BCUT2D eigenvalue weighted by Gasteiger charge is -2.29. The Morgan fingerprint density at radius 2 is 1.77 bits per heavy atom. The maximum atomic E-state index is 13.5. The molecule has 43 heavy (non-hydrogen) atoms. The molecule has 0 radical (unpaired) electrons. The maximum Gasteiger partial charge on any atom is 0.333 e. The zero-order valence-corrected chi connectivity index (χ0v) is 25.4. The number of allylic oxidation sites excluding steroid dienone is 4. The number of carbonyl (C=O) groups excluding carboxylic acids is 3. The third-order valence-electron chi connectivity index (χ3n) is 6.74. The first kappa shape index (κ1) is 34.7. The predicted octanol–water partition coefficient (Wildman–Crippen LogP) is 6.86. The summed E-state index contributed by atoms with van der Waals surface area (Å²) in [6.07, 6.45) is 6.46. The number of aromatic amines is 1. The van der Waals surface area contributed by atoms with Crippen molar-refractivity contribution in [2.24, 2.45) is 0 Å². The van der Waals surface area contributed by atoms with Crippen LogP contribution in [0.5, 0.6) is 0 Å². The van der Waals surface area contributed by atoms with Crippen LogP contribution in [0, 0.1) is 5.82 Å². The zero-order valence-electron chi connectivity index (χ0n) is 25.4. The highest BCUT2D eigenvalue weighted by molar-refractivity contribution is 5.94. The van der Waals surface area contributed by atoms with Crippen LogP contribution in [0.2, 0.25) is 0 Å². The number of aromatic nitrogens is 1. The summed E-state index contributed by atoms with van der Waals surface area (Å²) in [4.78, 5) is 43.3. The number of nitrogens with one attached hydrogen (secondary N) is 1. The number of hydrogen-bond acceptors (Lipinski definition) is 5. The average Bonchev–Trinajstić information content (AvgIpc) is 3.37. The van der Waals surface area contributed by atoms with E-state index in [0.29, 0.717) is 16.8 Å². The van der Waals surface area contributed by atoms with Crippen LogP contribution in [-0.4, -0.2) is 60.7 Å². The Hall–Kier alpha value is -4.53. The van der Waals surface area contributed by atoms with Gasteiger partial charge in [0.2, 0.25) is 0 Å². The van der Waals surface area contributed by atoms with E-state index in [-0.39, 0.29) is 38.2 Å². The third-order valence-corrected chi connectivity index (χ3v) is 6.74. The van der Waals surface area contributed by atoms with Gasteiger partial charge >= 0.3 is 11.9 Å². The van der Waals surface area contributed by atoms with Gasteiger partial charge < -0.3 is 19.4 Å². The Morgan fingerprint density at radius 1 is 1.09 bits per heavy atom. The van der Waals surface area contributed by atoms with E-state index in [9.17, 15) is 23.2 Å². The summed E-state index contributed by atoms with van der Waals surface area (Å²) in [5.74, 6) is -2.29. The van der Waals surface area contributed by atoms with Crippen molar-refractivity contribution in [1.82, 2.24) is 9.88 Å². The number of likely N-dealkylation sites (N-methyl/N-ethyl adjacent to an activating group) is 1. The number of hydrogen-bond donors (Lipinski definition) is 1. The van der Waals surface area contributed by atoms with Gasteiger partial charge in [-0.25, -0.2) is 13.6 Å². The molecule has 0 aliphatic carbocycles. The van der Waals surface area contributed by atoms with Crippen molar-refractivity contribution in [3.05, 3.63) is 108 Å². The quantitative estimate of drug-likeness (QED) is 0.107. The molecule has 2 unspecified atom stereocenters. The smallest absolute Gasteiger partial charge is 0.333 e. The van der Waals surface area contributed by atoms with Crippen LogP contribution in [-0.2, 0) is 25.5 Å². The second kappa shape index (κ2) is 17.4. The van der Waals surface area contributed by atoms with Crippen LogP contribution in [0.3, 0.4) is 0 Å². The van der Waals surface area contributed by atoms with E-state index in [2.05, 4.69) is 11.6 Å². The summed E-state index contributed by atoms with van der Waals surface area (Å²) in [6.45, 7) is 10.3. The maximum absolute atomic E-state index is 13.5. The van der Waals surface area contributed by atoms with Crippen molar-refractivity contribution in [1.29, 1.82) is 0 Å². The minimum atomic E-state index is -0.597. The van der Waals surface area contributed by atoms with Gasteiger partial charge in [0.1, 0.15) is 19.1 Å². The molecule has 3 rings (SSSR count). The molecule has 0 saturated carbocycles. The number of esters is 2. The van der Waals surface area contributed by atoms with E-state index in [4.69, 9.17) is 9.47 Å². The first-order valence-electron chi connectivity index (χ1n) is 14.0. The van der Waals surface area contributed by atoms with Gasteiger partial charge in [-0.15, -0.1) is 0 Å². The van der Waals surface area contributed by atoms with Crippen LogP contribution in [0.4, 0.5) is 8.78 Å². The molecule has 2 atom stereocenters. The molecule has 0 spiro atoms. The van der Waals surface area contributed by atoms with E-state index < -0.39 is 23.7 Å². The molecule has 3 aromatic rings. The third kappa shape index (κ3) is 9.77. The Bertz CT molecular complexity index is 1440. The van der Waals surface area contributed by atoms with E-state index in [1.807, 2.05) is 24.3 Å². The van der Waals surface area contributed by atoms with Gasteiger partial charge in [0.25, 0.3) is 5.91 Å². The highest BCUT2D eigenvalue weighted by atomic mass is 19.1. The molecule has 0 aliphatic heterocycles. The van der Waals surface area contributed by atoms with E-state index >= 15 is 0 Å². The lowest BCUT2D eigenvalue weighted by molar-refractivity contribution is -0.144. The van der Waals surface area contributed by atoms with Crippen molar-refractivity contribution in [2.45, 2.75) is 46.1 Å². The summed E-state index contributed by atoms with van der Waals surface area (Å²) in [6, 6.07) is 12.3. The fourth-order valence-electron chi connectivity index (χ4n) is 4.32. The number of carbonyl (C=O) groups is 3. The minimum Gasteiger partial charge on any atom is -0.465 e. The molecule has 1 heterocycles. The molecule has 0 fully saturated rings. The number of alkyl halides is 1. The lowest BCUT2D eigenvalue weighted by atomic mass is 9.96. The minimum absolute atomic E-state index is 0.0999. The monoisotopic (exact) mass is 594 g/mol. The van der Waals surface area contributed by atoms with E-state index in [1.54, 1.807) is 46.9 Å². The largest absolute Gasteiger partial charge is 0.465 e. The first-order valence-corrected chi connectivity index (χ1v) is 14.0. The molecule has 1 aromatic heterocycles. The van der Waals surface area contributed by atoms with Gasteiger partial charge in [0.15, 0.2) is 0 Å². The van der Waals surface area contributed by atoms with Crippen LogP contribution >= 0.6 is 0 Å². The summed E-state index contributed by atoms with van der Waals surface area (Å²) in [5.41, 5.74) is 2.99. The second-order valence-electron chi connectivity index (χ2n) is 9.72. The SMILES string of the molecule is C/C=C\CF.C=C/C=C(\C)C(=O)OCC(Cc1c(C(C)C(=O)OCC)[nH]c2ccccc12)N(C)C(=O)c1ccc(F)cc1. The highest BCUT2D eigenvalue weighted by Gasteiger charge is 2.29. The van der Waals surface area contributed by atoms with Crippen LogP contribution in [0.25, 0.3) is 10.9 Å². The molecule has 2 aromatic carbocycles. The number of amides is 1. The molecule has 1 N–H and O–H groups in total. The van der Waals surface area contributed by atoms with Gasteiger partial charge in [-0.2, -0.15) is 0 Å². The molecule has 0 bridgehead atoms. The number of H-pyrrole nitrogens is 1. The zero-order chi connectivity index (χ0) is 31.9. The topological polar surface area (TPSA) is 88.7 Å². The van der Waals surface area contributed by atoms with Crippen LogP contribution in [0.15, 0.2) is 85.0 Å². The summed E-state index contributed by atoms with van der Waals surface area (Å²) < 4.78 is 35.2. The summed E-state index contributed by atoms with van der Waals surface area (Å²) in [5, 5.41) is 0.889. The van der Waals surface area contributed by atoms with Crippen molar-refractivity contribution in [3.63, 3.8) is 0 Å². The molecule has 0 aliphatic rings. The summed E-state index contributed by atoms with van der Waals surface area (Å²) >= 11 is 0. The van der Waals surface area contributed by atoms with Crippen molar-refractivity contribution >= 4 is 28.7 Å². The molecule has 1 amide bonds. The lowest BCUT2D eigenvalue weighted by Crippen LogP contribution is -2.42. The van der Waals surface area contributed by atoms with Crippen molar-refractivity contribution in [2.75, 3.05) is 26.9 Å². The van der Waals surface area contributed by atoms with Crippen molar-refractivity contribution < 1.29 is 32.6 Å². The van der Waals surface area contributed by atoms with Crippen LogP contribution in [0.1, 0.15) is 55.2 Å². The molecule has 230 valence electrons. The number of halogens is 2. The average molecular weight is 595 g/mol. The van der Waals surface area contributed by atoms with Gasteiger partial charge in [-0.3, -0.25) is 9.59 Å². The fourth-order valence-corrected chi connectivity index (χ4v) is 4.32. The van der Waals surface area contributed by atoms with Crippen LogP contribution < -0.4 is 0 Å². The molecular weight excluding hydrogens is 554 g/mol. The van der Waals surface area contributed by atoms with Gasteiger partial charge in [-0.05, 0) is 70.0 Å². The molecule has 9 heteroatoms. The van der Waals surface area contributed by atoms with Gasteiger partial charge in [-0.1, -0.05) is 49.1 Å². The Kier molecular flexibility index (Phi) is 14.1. The number of fused-ring (bicyclic) bond motifs is 1. The number of benzene rings is 2. The van der Waals surface area contributed by atoms with Gasteiger partial charge in [0, 0.05) is 34.8 Å². The first-order chi connectivity index (χ1) is 20.6. The van der Waals surface area contributed by atoms with E-state index in [1.165, 1.54) is 41.3 Å². The molecule has 7 nitrogen and oxygen atoms in total. The Balaban J connectivity index is 0.00000119. The normalized spacial score (nSPS) is 12.7. The number of ether oxygens (including phenoxy) is 2. The number of para-hydroxylation sites is 1. The standard InChI is InChI=1S/C30H33FN2O5.C4H7F/c1-6-10-19(3)29(35)38-18-23(33(5)28(34)21-13-15-22(31)16-14-21)17-25-24-11-8-9-12-26(24)32-27(25)20(4)30(36)37-7-2;1-2-3-4-5/h6,8-16,20,23,32H,1,7,17-18H2,2-5H3;2-3H,4H2,1H3/b19-10+;3-2-. The Labute approximate surface area is 251 Å². The van der Waals surface area contributed by atoms with Gasteiger partial charge in [0.05, 0.1) is 18.6 Å². The molecule has 0 saturated heterocycles. The Morgan fingerprint density at radius 3 is 2.35 bits per heavy atom. The van der Waals surface area contributed by atoms with Crippen molar-refractivity contribution in [3.8, 4) is 0 Å². The second-order valence-corrected chi connectivity index (χ2v) is 9.72. The number of rotatable bonds is 12.